The molecule has 3 aliphatic carbocycles. The Labute approximate surface area is 312 Å². The summed E-state index contributed by atoms with van der Waals surface area (Å²) < 4.78 is 60.3. The van der Waals surface area contributed by atoms with E-state index in [1.54, 1.807) is 12.1 Å². The number of likely N-dealkylation sites (tertiary alicyclic amines) is 1. The molecular weight excluding hydrogens is 722 g/mol. The van der Waals surface area contributed by atoms with Crippen molar-refractivity contribution in [2.45, 2.75) is 75.0 Å². The van der Waals surface area contributed by atoms with Crippen molar-refractivity contribution < 1.29 is 36.5 Å². The molecule has 3 saturated carbocycles. The molecule has 4 amide bonds. The van der Waals surface area contributed by atoms with Crippen LogP contribution in [0, 0.1) is 11.2 Å². The molecule has 3 saturated heterocycles. The number of benzene rings is 2. The van der Waals surface area contributed by atoms with Gasteiger partial charge in [0.15, 0.2) is 5.82 Å². The van der Waals surface area contributed by atoms with Gasteiger partial charge in [-0.2, -0.15) is 18.3 Å². The number of nitrogens with zero attached hydrogens (tertiary/aromatic N) is 6. The molecule has 5 heterocycles. The van der Waals surface area contributed by atoms with Crippen LogP contribution in [0.15, 0.2) is 53.1 Å². The summed E-state index contributed by atoms with van der Waals surface area (Å²) in [5.41, 5.74) is 2.14. The molecule has 3 aliphatic heterocycles. The molecular formula is C38H39F4N9O4. The van der Waals surface area contributed by atoms with Crippen molar-refractivity contribution in [1.82, 2.24) is 35.9 Å². The van der Waals surface area contributed by atoms with Crippen molar-refractivity contribution in [3.8, 4) is 0 Å². The maximum absolute atomic E-state index is 15.0. The molecule has 2 bridgehead atoms. The van der Waals surface area contributed by atoms with E-state index in [0.29, 0.717) is 0 Å². The van der Waals surface area contributed by atoms with Gasteiger partial charge in [-0.25, -0.2) is 14.2 Å². The topological polar surface area (TPSA) is 153 Å². The van der Waals surface area contributed by atoms with E-state index in [1.807, 2.05) is 6.07 Å². The van der Waals surface area contributed by atoms with E-state index in [4.69, 9.17) is 4.52 Å². The molecule has 288 valence electrons. The minimum atomic E-state index is -4.53. The number of alkyl halides is 3. The average Bonchev–Trinajstić information content (AvgIpc) is 3.75. The summed E-state index contributed by atoms with van der Waals surface area (Å²) in [5, 5.41) is 15.2. The van der Waals surface area contributed by atoms with Gasteiger partial charge in [0.1, 0.15) is 17.1 Å². The summed E-state index contributed by atoms with van der Waals surface area (Å²) in [6.45, 7) is 6.49. The third-order valence-electron chi connectivity index (χ3n) is 12.3. The van der Waals surface area contributed by atoms with E-state index in [0.717, 1.165) is 77.2 Å². The highest BCUT2D eigenvalue weighted by Gasteiger charge is 2.70. The van der Waals surface area contributed by atoms with Crippen LogP contribution in [0.1, 0.15) is 78.6 Å². The van der Waals surface area contributed by atoms with E-state index in [2.05, 4.69) is 65.0 Å². The molecule has 2 aromatic heterocycles. The third-order valence-corrected chi connectivity index (χ3v) is 12.3. The van der Waals surface area contributed by atoms with E-state index < -0.39 is 35.2 Å². The first-order chi connectivity index (χ1) is 26.1. The summed E-state index contributed by atoms with van der Waals surface area (Å²) in [6.07, 6.45) is -1.65. The zero-order valence-electron chi connectivity index (χ0n) is 30.2. The van der Waals surface area contributed by atoms with Crippen molar-refractivity contribution in [3.63, 3.8) is 0 Å². The van der Waals surface area contributed by atoms with Crippen LogP contribution in [-0.2, 0) is 34.1 Å². The van der Waals surface area contributed by atoms with Crippen LogP contribution < -0.4 is 20.4 Å². The fraction of sp³-hybridized carbons (Fsp3) is 0.474. The van der Waals surface area contributed by atoms with Crippen molar-refractivity contribution >= 4 is 29.2 Å². The minimum Gasteiger partial charge on any atom is -0.370 e. The monoisotopic (exact) mass is 761 g/mol. The van der Waals surface area contributed by atoms with Gasteiger partial charge in [0, 0.05) is 68.3 Å². The predicted octanol–water partition coefficient (Wildman–Crippen LogP) is 4.84. The smallest absolute Gasteiger partial charge is 0.370 e. The van der Waals surface area contributed by atoms with Gasteiger partial charge >= 0.3 is 12.2 Å². The number of aromatic nitrogens is 4. The Hall–Kier alpha value is -5.32. The summed E-state index contributed by atoms with van der Waals surface area (Å²) >= 11 is 0. The number of H-pyrrole nitrogens is 1. The fourth-order valence-electron chi connectivity index (χ4n) is 9.12. The Bertz CT molecular complexity index is 2180. The van der Waals surface area contributed by atoms with Gasteiger partial charge in [-0.1, -0.05) is 29.4 Å². The van der Waals surface area contributed by atoms with E-state index >= 15 is 4.39 Å². The number of nitrogens with one attached hydrogen (secondary N) is 3. The van der Waals surface area contributed by atoms with Crippen LogP contribution >= 0.6 is 0 Å². The standard InChI is InChI=1S/C38H39F4N9O4/c1-34(2,38(40,41)42)32-44-29(46-47-32)13-43-31(53)27-12-28(48-55-27)37-15-36(16-37,17-37)23-5-3-22(4-6-23)14-49-18-35(19-49)20-50(21-35)24-7-8-26(25(39)11-24)51-10-9-30(52)45-33(51)54/h3-8,11-12H,9-10,13-21H2,1-2H3,(H,43,53)(H,44,46,47)(H,45,52,54). The number of rotatable bonds is 10. The molecule has 0 radical (unpaired) electrons. The Morgan fingerprint density at radius 1 is 0.982 bits per heavy atom. The number of aromatic amines is 1. The Kier molecular flexibility index (Phi) is 7.78. The molecule has 55 heavy (non-hydrogen) atoms. The first-order valence-electron chi connectivity index (χ1n) is 18.3. The zero-order chi connectivity index (χ0) is 38.5. The SMILES string of the molecule is CC(C)(c1n[nH]c(CNC(=O)c2cc(C34CC(c5ccc(CN6CC7(C6)CN(c6ccc(N8CCC(=O)NC8=O)c(F)c6)C7)cc5)(C3)C4)no2)n1)C(F)(F)F. The number of hydrogen-bond acceptors (Lipinski definition) is 9. The summed E-state index contributed by atoms with van der Waals surface area (Å²) in [7, 11) is 0. The number of carbonyl (C=O) groups is 3. The maximum atomic E-state index is 15.0. The molecule has 17 heteroatoms. The van der Waals surface area contributed by atoms with Crippen molar-refractivity contribution in [2.24, 2.45) is 5.41 Å². The molecule has 13 nitrogen and oxygen atoms in total. The maximum Gasteiger partial charge on any atom is 0.401 e. The highest BCUT2D eigenvalue weighted by Crippen LogP contribution is 2.73. The molecule has 4 aromatic rings. The number of amides is 4. The summed E-state index contributed by atoms with van der Waals surface area (Å²) in [5.74, 6) is -1.66. The second kappa shape index (κ2) is 12.1. The molecule has 6 aliphatic rings. The van der Waals surface area contributed by atoms with Crippen LogP contribution in [-0.4, -0.2) is 82.0 Å². The fourth-order valence-corrected chi connectivity index (χ4v) is 9.12. The van der Waals surface area contributed by atoms with Crippen molar-refractivity contribution in [2.75, 3.05) is 42.5 Å². The van der Waals surface area contributed by atoms with Gasteiger partial charge in [0.05, 0.1) is 17.9 Å². The van der Waals surface area contributed by atoms with Crippen LogP contribution in [0.3, 0.4) is 0 Å². The highest BCUT2D eigenvalue weighted by atomic mass is 19.4. The summed E-state index contributed by atoms with van der Waals surface area (Å²) in [6, 6.07) is 14.8. The lowest BCUT2D eigenvalue weighted by Crippen LogP contribution is -2.72. The van der Waals surface area contributed by atoms with Gasteiger partial charge in [-0.05, 0) is 67.9 Å². The molecule has 3 N–H and O–H groups in total. The average molecular weight is 762 g/mol. The van der Waals surface area contributed by atoms with Gasteiger partial charge in [0.2, 0.25) is 11.7 Å². The van der Waals surface area contributed by atoms with Gasteiger partial charge in [-0.15, -0.1) is 0 Å². The largest absolute Gasteiger partial charge is 0.401 e. The molecule has 0 unspecified atom stereocenters. The van der Waals surface area contributed by atoms with Gasteiger partial charge in [-0.3, -0.25) is 29.8 Å². The molecule has 6 fully saturated rings. The predicted molar refractivity (Wildman–Crippen MR) is 189 cm³/mol. The van der Waals surface area contributed by atoms with Crippen LogP contribution in [0.5, 0.6) is 0 Å². The first-order valence-corrected chi connectivity index (χ1v) is 18.3. The Morgan fingerprint density at radius 3 is 2.38 bits per heavy atom. The molecule has 1 spiro atoms. The van der Waals surface area contributed by atoms with Gasteiger partial charge < -0.3 is 14.7 Å². The van der Waals surface area contributed by atoms with Gasteiger partial charge in [0.25, 0.3) is 5.91 Å². The lowest BCUT2D eigenvalue weighted by molar-refractivity contribution is -0.182. The normalized spacial score (nSPS) is 24.5. The number of halogens is 4. The van der Waals surface area contributed by atoms with E-state index in [9.17, 15) is 27.6 Å². The van der Waals surface area contributed by atoms with Crippen LogP contribution in [0.2, 0.25) is 0 Å². The molecule has 10 rings (SSSR count). The number of imide groups is 1. The lowest BCUT2D eigenvalue weighted by atomic mass is 9.32. The van der Waals surface area contributed by atoms with E-state index in [-0.39, 0.29) is 58.9 Å². The first kappa shape index (κ1) is 35.4. The Balaban J connectivity index is 0.725. The van der Waals surface area contributed by atoms with Crippen molar-refractivity contribution in [1.29, 1.82) is 0 Å². The summed E-state index contributed by atoms with van der Waals surface area (Å²) in [4.78, 5) is 46.1. The van der Waals surface area contributed by atoms with Crippen LogP contribution in [0.4, 0.5) is 33.7 Å². The second-order valence-corrected chi connectivity index (χ2v) is 16.7. The quantitative estimate of drug-likeness (QED) is 0.193. The number of anilines is 2. The molecule has 2 aromatic carbocycles. The third kappa shape index (κ3) is 5.85. The Morgan fingerprint density at radius 2 is 1.71 bits per heavy atom. The number of carbonyl (C=O) groups excluding carboxylic acids is 3. The lowest BCUT2D eigenvalue weighted by Gasteiger charge is -2.70. The number of hydrogen-bond donors (Lipinski definition) is 3. The highest BCUT2D eigenvalue weighted by molar-refractivity contribution is 6.05. The van der Waals surface area contributed by atoms with E-state index in [1.165, 1.54) is 22.1 Å². The minimum absolute atomic E-state index is 0.0313. The van der Waals surface area contributed by atoms with Crippen molar-refractivity contribution in [3.05, 3.63) is 88.6 Å². The zero-order valence-corrected chi connectivity index (χ0v) is 30.2. The van der Waals surface area contributed by atoms with Crippen LogP contribution in [0.25, 0.3) is 0 Å². The second-order valence-electron chi connectivity index (χ2n) is 16.7. The number of urea groups is 1. The molecule has 0 atom stereocenters.